The Balaban J connectivity index is 1.57. The molecule has 1 aromatic heterocycles. The summed E-state index contributed by atoms with van der Waals surface area (Å²) in [5.74, 6) is 1.51. The summed E-state index contributed by atoms with van der Waals surface area (Å²) >= 11 is 0. The number of ether oxygens (including phenoxy) is 2. The number of hydrogen-bond donors (Lipinski definition) is 1. The zero-order valence-corrected chi connectivity index (χ0v) is 12.5. The number of aliphatic hydroxyl groups is 1. The van der Waals surface area contributed by atoms with E-state index >= 15 is 0 Å². The third-order valence-corrected chi connectivity index (χ3v) is 4.57. The number of nitrogens with zero attached hydrogens (tertiary/aromatic N) is 4. The second-order valence-corrected chi connectivity index (χ2v) is 5.86. The van der Waals surface area contributed by atoms with Crippen LogP contribution < -0.4 is 0 Å². The number of methoxy groups -OCH3 is 1. The predicted molar refractivity (Wildman–Crippen MR) is 76.1 cm³/mol. The van der Waals surface area contributed by atoms with Gasteiger partial charge in [0.25, 0.3) is 0 Å². The third kappa shape index (κ3) is 3.26. The molecule has 2 saturated heterocycles. The van der Waals surface area contributed by atoms with Gasteiger partial charge in [-0.25, -0.2) is 0 Å². The first kappa shape index (κ1) is 14.9. The van der Waals surface area contributed by atoms with Crippen LogP contribution in [0.2, 0.25) is 0 Å². The van der Waals surface area contributed by atoms with Crippen molar-refractivity contribution in [1.82, 2.24) is 19.7 Å². The number of rotatable bonds is 5. The number of likely N-dealkylation sites (tertiary alicyclic amines) is 1. The highest BCUT2D eigenvalue weighted by atomic mass is 16.5. The van der Waals surface area contributed by atoms with Crippen LogP contribution in [0.3, 0.4) is 0 Å². The number of piperidine rings is 1. The molecule has 7 heteroatoms. The topological polar surface area (TPSA) is 72.6 Å². The van der Waals surface area contributed by atoms with Crippen molar-refractivity contribution in [3.8, 4) is 0 Å². The van der Waals surface area contributed by atoms with Crippen LogP contribution in [-0.2, 0) is 16.0 Å². The maximum atomic E-state index is 9.93. The number of aromatic nitrogens is 3. The first-order chi connectivity index (χ1) is 10.3. The van der Waals surface area contributed by atoms with Crippen molar-refractivity contribution in [3.63, 3.8) is 0 Å². The van der Waals surface area contributed by atoms with Gasteiger partial charge in [-0.2, -0.15) is 0 Å². The molecule has 2 atom stereocenters. The molecule has 2 aliphatic rings. The molecule has 3 heterocycles. The normalized spacial score (nSPS) is 28.3. The van der Waals surface area contributed by atoms with E-state index in [0.717, 1.165) is 38.3 Å². The van der Waals surface area contributed by atoms with Crippen LogP contribution in [0.15, 0.2) is 6.33 Å². The van der Waals surface area contributed by atoms with Gasteiger partial charge in [0.05, 0.1) is 32.0 Å². The minimum atomic E-state index is -0.341. The Labute approximate surface area is 124 Å². The molecule has 0 saturated carbocycles. The maximum absolute atomic E-state index is 9.93. The lowest BCUT2D eigenvalue weighted by molar-refractivity contribution is 0.0652. The van der Waals surface area contributed by atoms with Crippen molar-refractivity contribution in [2.45, 2.75) is 37.5 Å². The van der Waals surface area contributed by atoms with Crippen LogP contribution in [0.5, 0.6) is 0 Å². The van der Waals surface area contributed by atoms with E-state index in [1.165, 1.54) is 0 Å². The first-order valence-electron chi connectivity index (χ1n) is 7.66. The molecule has 2 fully saturated rings. The fourth-order valence-corrected chi connectivity index (χ4v) is 3.31. The summed E-state index contributed by atoms with van der Waals surface area (Å²) in [4.78, 5) is 2.35. The maximum Gasteiger partial charge on any atom is 0.136 e. The quantitative estimate of drug-likeness (QED) is 0.815. The monoisotopic (exact) mass is 296 g/mol. The summed E-state index contributed by atoms with van der Waals surface area (Å²) in [6, 6.07) is 0.164. The minimum absolute atomic E-state index is 0.164. The summed E-state index contributed by atoms with van der Waals surface area (Å²) in [5, 5.41) is 18.3. The molecule has 0 aromatic carbocycles. The van der Waals surface area contributed by atoms with Crippen molar-refractivity contribution >= 4 is 0 Å². The van der Waals surface area contributed by atoms with E-state index in [1.54, 1.807) is 13.4 Å². The molecule has 118 valence electrons. The standard InChI is InChI=1S/C14H24N4O3/c1-20-7-6-18-10-15-16-14(18)11-2-4-17(5-3-11)12-8-21-9-13(12)19/h10-13,19H,2-9H2,1H3/t12-,13-/m0/s1. The van der Waals surface area contributed by atoms with Gasteiger partial charge in [-0.05, 0) is 25.9 Å². The molecule has 0 unspecified atom stereocenters. The summed E-state index contributed by atoms with van der Waals surface area (Å²) in [6.45, 7) is 4.55. The summed E-state index contributed by atoms with van der Waals surface area (Å²) in [7, 11) is 1.71. The summed E-state index contributed by atoms with van der Waals surface area (Å²) < 4.78 is 12.6. The lowest BCUT2D eigenvalue weighted by Crippen LogP contribution is -2.46. The van der Waals surface area contributed by atoms with Gasteiger partial charge in [-0.3, -0.25) is 4.90 Å². The van der Waals surface area contributed by atoms with Crippen molar-refractivity contribution < 1.29 is 14.6 Å². The Kier molecular flexibility index (Phi) is 4.84. The van der Waals surface area contributed by atoms with Gasteiger partial charge in [0.15, 0.2) is 0 Å². The highest BCUT2D eigenvalue weighted by Gasteiger charge is 2.34. The Morgan fingerprint density at radius 1 is 1.38 bits per heavy atom. The smallest absolute Gasteiger partial charge is 0.136 e. The molecule has 1 aromatic rings. The summed E-state index contributed by atoms with van der Waals surface area (Å²) in [6.07, 6.45) is 3.55. The Bertz CT molecular complexity index is 445. The molecule has 2 aliphatic heterocycles. The van der Waals surface area contributed by atoms with Crippen LogP contribution >= 0.6 is 0 Å². The second-order valence-electron chi connectivity index (χ2n) is 5.86. The first-order valence-corrected chi connectivity index (χ1v) is 7.66. The van der Waals surface area contributed by atoms with Crippen LogP contribution in [0, 0.1) is 0 Å². The molecule has 0 aliphatic carbocycles. The lowest BCUT2D eigenvalue weighted by Gasteiger charge is -2.36. The Morgan fingerprint density at radius 2 is 2.19 bits per heavy atom. The lowest BCUT2D eigenvalue weighted by atomic mass is 9.94. The van der Waals surface area contributed by atoms with Crippen LogP contribution in [-0.4, -0.2) is 76.9 Å². The molecule has 0 bridgehead atoms. The van der Waals surface area contributed by atoms with Gasteiger partial charge in [-0.15, -0.1) is 10.2 Å². The SMILES string of the molecule is COCCn1cnnc1C1CCN([C@H]2COC[C@@H]2O)CC1. The molecular weight excluding hydrogens is 272 g/mol. The number of hydrogen-bond acceptors (Lipinski definition) is 6. The van der Waals surface area contributed by atoms with Gasteiger partial charge in [0.1, 0.15) is 12.2 Å². The van der Waals surface area contributed by atoms with Crippen molar-refractivity contribution in [1.29, 1.82) is 0 Å². The fraction of sp³-hybridized carbons (Fsp3) is 0.857. The average molecular weight is 296 g/mol. The molecule has 0 spiro atoms. The van der Waals surface area contributed by atoms with Crippen molar-refractivity contribution in [2.75, 3.05) is 40.0 Å². The number of aliphatic hydroxyl groups excluding tert-OH is 1. The molecule has 3 rings (SSSR count). The Hall–Kier alpha value is -1.02. The highest BCUT2D eigenvalue weighted by Crippen LogP contribution is 2.29. The van der Waals surface area contributed by atoms with E-state index in [2.05, 4.69) is 19.7 Å². The molecular formula is C14H24N4O3. The summed E-state index contributed by atoms with van der Waals surface area (Å²) in [5.41, 5.74) is 0. The Morgan fingerprint density at radius 3 is 2.86 bits per heavy atom. The van der Waals surface area contributed by atoms with Gasteiger partial charge in [-0.1, -0.05) is 0 Å². The minimum Gasteiger partial charge on any atom is -0.389 e. The average Bonchev–Trinajstić information content (AvgIpc) is 3.14. The van der Waals surface area contributed by atoms with Gasteiger partial charge in [0, 0.05) is 19.6 Å². The molecule has 0 amide bonds. The van der Waals surface area contributed by atoms with Crippen molar-refractivity contribution in [3.05, 3.63) is 12.2 Å². The van der Waals surface area contributed by atoms with Crippen LogP contribution in [0.25, 0.3) is 0 Å². The largest absolute Gasteiger partial charge is 0.389 e. The predicted octanol–water partition coefficient (Wildman–Crippen LogP) is -0.136. The van der Waals surface area contributed by atoms with Crippen molar-refractivity contribution in [2.24, 2.45) is 0 Å². The zero-order chi connectivity index (χ0) is 14.7. The molecule has 0 radical (unpaired) electrons. The molecule has 1 N–H and O–H groups in total. The van der Waals surface area contributed by atoms with Crippen LogP contribution in [0.4, 0.5) is 0 Å². The van der Waals surface area contributed by atoms with E-state index in [4.69, 9.17) is 9.47 Å². The second kappa shape index (κ2) is 6.83. The van der Waals surface area contributed by atoms with Gasteiger partial charge < -0.3 is 19.1 Å². The van der Waals surface area contributed by atoms with E-state index < -0.39 is 0 Å². The molecule has 7 nitrogen and oxygen atoms in total. The third-order valence-electron chi connectivity index (χ3n) is 4.57. The van der Waals surface area contributed by atoms with E-state index in [1.807, 2.05) is 0 Å². The van der Waals surface area contributed by atoms with E-state index in [0.29, 0.717) is 25.7 Å². The van der Waals surface area contributed by atoms with E-state index in [9.17, 15) is 5.11 Å². The van der Waals surface area contributed by atoms with E-state index in [-0.39, 0.29) is 12.1 Å². The van der Waals surface area contributed by atoms with Gasteiger partial charge >= 0.3 is 0 Å². The van der Waals surface area contributed by atoms with Crippen LogP contribution in [0.1, 0.15) is 24.6 Å². The highest BCUT2D eigenvalue weighted by molar-refractivity contribution is 5.00. The zero-order valence-electron chi connectivity index (χ0n) is 12.5. The fourth-order valence-electron chi connectivity index (χ4n) is 3.31. The van der Waals surface area contributed by atoms with Gasteiger partial charge in [0.2, 0.25) is 0 Å². The molecule has 21 heavy (non-hydrogen) atoms.